The average Bonchev–Trinajstić information content (AvgIpc) is 2.83. The second-order valence-corrected chi connectivity index (χ2v) is 7.13. The van der Waals surface area contributed by atoms with Crippen molar-refractivity contribution in [2.45, 2.75) is 76.9 Å². The summed E-state index contributed by atoms with van der Waals surface area (Å²) in [6, 6.07) is 6.77. The summed E-state index contributed by atoms with van der Waals surface area (Å²) in [5, 5.41) is -0.0291. The molecule has 0 spiro atoms. The second-order valence-electron chi connectivity index (χ2n) is 6.66. The summed E-state index contributed by atoms with van der Waals surface area (Å²) in [6.45, 7) is 11.1. The van der Waals surface area contributed by atoms with Crippen molar-refractivity contribution in [3.05, 3.63) is 34.9 Å². The van der Waals surface area contributed by atoms with Crippen LogP contribution in [0.3, 0.4) is 0 Å². The van der Waals surface area contributed by atoms with Crippen LogP contribution in [0.5, 0.6) is 0 Å². The first-order valence-corrected chi connectivity index (χ1v) is 8.27. The van der Waals surface area contributed by atoms with E-state index in [-0.39, 0.29) is 11.5 Å². The van der Waals surface area contributed by atoms with Gasteiger partial charge >= 0.3 is 0 Å². The van der Waals surface area contributed by atoms with Gasteiger partial charge in [-0.25, -0.2) is 0 Å². The predicted molar refractivity (Wildman–Crippen MR) is 86.8 cm³/mol. The Balaban J connectivity index is 2.30. The molecule has 0 saturated carbocycles. The van der Waals surface area contributed by atoms with Crippen molar-refractivity contribution in [1.29, 1.82) is 0 Å². The van der Waals surface area contributed by atoms with E-state index in [9.17, 15) is 0 Å². The van der Waals surface area contributed by atoms with Gasteiger partial charge in [-0.15, -0.1) is 11.6 Å². The summed E-state index contributed by atoms with van der Waals surface area (Å²) in [5.74, 6) is 1.04. The van der Waals surface area contributed by atoms with Crippen LogP contribution in [0, 0.1) is 0 Å². The molecule has 20 heavy (non-hydrogen) atoms. The van der Waals surface area contributed by atoms with Crippen LogP contribution in [0.25, 0.3) is 0 Å². The fourth-order valence-electron chi connectivity index (χ4n) is 2.95. The van der Waals surface area contributed by atoms with Gasteiger partial charge in [-0.3, -0.25) is 0 Å². The molecular weight excluding hydrogens is 268 g/mol. The highest BCUT2D eigenvalue weighted by molar-refractivity contribution is 6.21. The quantitative estimate of drug-likeness (QED) is 0.640. The maximum Gasteiger partial charge on any atom is 0.0850 e. The molecule has 0 radical (unpaired) electrons. The highest BCUT2D eigenvalue weighted by Crippen LogP contribution is 2.38. The Kier molecular flexibility index (Phi) is 5.14. The van der Waals surface area contributed by atoms with E-state index >= 15 is 0 Å². The van der Waals surface area contributed by atoms with Crippen molar-refractivity contribution < 1.29 is 4.74 Å². The van der Waals surface area contributed by atoms with E-state index < -0.39 is 0 Å². The Morgan fingerprint density at radius 1 is 1.05 bits per heavy atom. The third-order valence-corrected chi connectivity index (χ3v) is 4.80. The number of benzene rings is 1. The largest absolute Gasteiger partial charge is 0.373 e. The second kappa shape index (κ2) is 6.49. The molecule has 1 aromatic carbocycles. The topological polar surface area (TPSA) is 9.23 Å². The molecule has 1 nitrogen and oxygen atoms in total. The number of alkyl halides is 1. The lowest BCUT2D eigenvalue weighted by atomic mass is 9.89. The van der Waals surface area contributed by atoms with Gasteiger partial charge in [-0.05, 0) is 48.3 Å². The van der Waals surface area contributed by atoms with Crippen LogP contribution in [0.2, 0.25) is 0 Å². The minimum absolute atomic E-state index is 0.0291. The molecule has 3 unspecified atom stereocenters. The first-order chi connectivity index (χ1) is 9.40. The Hall–Kier alpha value is -0.530. The number of hydrogen-bond donors (Lipinski definition) is 0. The Morgan fingerprint density at radius 2 is 1.75 bits per heavy atom. The molecule has 1 aromatic rings. The van der Waals surface area contributed by atoms with Gasteiger partial charge in [0.05, 0.1) is 17.6 Å². The number of halogens is 1. The molecule has 2 heteroatoms. The highest BCUT2D eigenvalue weighted by Gasteiger charge is 2.31. The number of hydrogen-bond acceptors (Lipinski definition) is 1. The van der Waals surface area contributed by atoms with Crippen molar-refractivity contribution in [2.75, 3.05) is 0 Å². The Morgan fingerprint density at radius 3 is 2.25 bits per heavy atom. The maximum atomic E-state index is 6.73. The molecule has 0 amide bonds. The van der Waals surface area contributed by atoms with E-state index in [1.165, 1.54) is 16.7 Å². The molecule has 0 aromatic heterocycles. The van der Waals surface area contributed by atoms with Crippen molar-refractivity contribution in [3.8, 4) is 0 Å². The van der Waals surface area contributed by atoms with Gasteiger partial charge < -0.3 is 4.74 Å². The molecule has 1 saturated heterocycles. The van der Waals surface area contributed by atoms with E-state index in [1.807, 2.05) is 0 Å². The zero-order valence-electron chi connectivity index (χ0n) is 13.3. The fraction of sp³-hybridized carbons (Fsp3) is 0.667. The van der Waals surface area contributed by atoms with Crippen LogP contribution in [0.4, 0.5) is 0 Å². The molecule has 0 bridgehead atoms. The van der Waals surface area contributed by atoms with Gasteiger partial charge in [0.2, 0.25) is 0 Å². The molecule has 0 N–H and O–H groups in total. The molecular formula is C18H27ClO. The van der Waals surface area contributed by atoms with Gasteiger partial charge in [-0.2, -0.15) is 0 Å². The third kappa shape index (κ3) is 3.38. The predicted octanol–water partition coefficient (Wildman–Crippen LogP) is 5.78. The van der Waals surface area contributed by atoms with E-state index in [0.717, 1.165) is 12.8 Å². The van der Waals surface area contributed by atoms with Gasteiger partial charge in [0.1, 0.15) is 0 Å². The molecule has 1 heterocycles. The molecule has 1 aliphatic heterocycles. The lowest BCUT2D eigenvalue weighted by Gasteiger charge is -2.23. The summed E-state index contributed by atoms with van der Waals surface area (Å²) >= 11 is 6.73. The summed E-state index contributed by atoms with van der Waals surface area (Å²) in [4.78, 5) is 0. The summed E-state index contributed by atoms with van der Waals surface area (Å²) in [5.41, 5.74) is 4.02. The van der Waals surface area contributed by atoms with Gasteiger partial charge in [0, 0.05) is 0 Å². The van der Waals surface area contributed by atoms with Gasteiger partial charge in [0.15, 0.2) is 0 Å². The standard InChI is InChI=1S/C18H27ClO/c1-11(2)14-7-8-15(16(10-14)12(3)4)18(19)17-9-6-13(5)20-17/h7-8,10-13,17-18H,6,9H2,1-5H3. The Bertz CT molecular complexity index is 453. The molecule has 3 atom stereocenters. The molecule has 2 rings (SSSR count). The zero-order valence-corrected chi connectivity index (χ0v) is 14.1. The smallest absolute Gasteiger partial charge is 0.0850 e. The highest BCUT2D eigenvalue weighted by atomic mass is 35.5. The van der Waals surface area contributed by atoms with Gasteiger partial charge in [-0.1, -0.05) is 45.9 Å². The maximum absolute atomic E-state index is 6.73. The van der Waals surface area contributed by atoms with Crippen molar-refractivity contribution >= 4 is 11.6 Å². The van der Waals surface area contributed by atoms with Gasteiger partial charge in [0.25, 0.3) is 0 Å². The Labute approximate surface area is 128 Å². The van der Waals surface area contributed by atoms with Crippen LogP contribution >= 0.6 is 11.6 Å². The molecule has 0 aliphatic carbocycles. The minimum atomic E-state index is -0.0291. The number of rotatable bonds is 4. The zero-order chi connectivity index (χ0) is 14.9. The molecule has 1 fully saturated rings. The summed E-state index contributed by atoms with van der Waals surface area (Å²) < 4.78 is 5.96. The molecule has 112 valence electrons. The minimum Gasteiger partial charge on any atom is -0.373 e. The van der Waals surface area contributed by atoms with Crippen LogP contribution in [-0.4, -0.2) is 12.2 Å². The van der Waals surface area contributed by atoms with E-state index in [4.69, 9.17) is 16.3 Å². The lowest BCUT2D eigenvalue weighted by molar-refractivity contribution is 0.0532. The van der Waals surface area contributed by atoms with Crippen molar-refractivity contribution in [3.63, 3.8) is 0 Å². The monoisotopic (exact) mass is 294 g/mol. The molecule has 1 aliphatic rings. The average molecular weight is 295 g/mol. The first-order valence-electron chi connectivity index (χ1n) is 7.83. The van der Waals surface area contributed by atoms with Crippen LogP contribution < -0.4 is 0 Å². The third-order valence-electron chi connectivity index (χ3n) is 4.29. The van der Waals surface area contributed by atoms with E-state index in [1.54, 1.807) is 0 Å². The number of ether oxygens (including phenoxy) is 1. The van der Waals surface area contributed by atoms with Crippen molar-refractivity contribution in [2.24, 2.45) is 0 Å². The van der Waals surface area contributed by atoms with Crippen LogP contribution in [0.15, 0.2) is 18.2 Å². The van der Waals surface area contributed by atoms with Crippen LogP contribution in [-0.2, 0) is 4.74 Å². The lowest BCUT2D eigenvalue weighted by Crippen LogP contribution is -2.16. The SMILES string of the molecule is CC1CCC(C(Cl)c2ccc(C(C)C)cc2C(C)C)O1. The van der Waals surface area contributed by atoms with Crippen molar-refractivity contribution in [1.82, 2.24) is 0 Å². The first kappa shape index (κ1) is 15.9. The fourth-order valence-corrected chi connectivity index (χ4v) is 3.34. The normalized spacial score (nSPS) is 24.6. The van der Waals surface area contributed by atoms with E-state index in [2.05, 4.69) is 52.8 Å². The summed E-state index contributed by atoms with van der Waals surface area (Å²) in [6.07, 6.45) is 2.70. The van der Waals surface area contributed by atoms with Crippen LogP contribution in [0.1, 0.15) is 81.4 Å². The van der Waals surface area contributed by atoms with E-state index in [0.29, 0.717) is 17.9 Å². The summed E-state index contributed by atoms with van der Waals surface area (Å²) in [7, 11) is 0.